The van der Waals surface area contributed by atoms with Crippen LogP contribution in [0.2, 0.25) is 0 Å². The molecule has 10 heteroatoms. The molecular formula is C4H6N4O6. The lowest BCUT2D eigenvalue weighted by Gasteiger charge is -2.03. The van der Waals surface area contributed by atoms with Crippen LogP contribution < -0.4 is 0 Å². The van der Waals surface area contributed by atoms with E-state index in [0.29, 0.717) is 6.21 Å². The largest absolute Gasteiger partial charge is 0.520 e. The zero-order valence-corrected chi connectivity index (χ0v) is 6.97. The molecule has 0 N–H and O–H groups in total. The maximum absolute atomic E-state index is 10.2. The molecule has 10 nitrogen and oxygen atoms in total. The van der Waals surface area contributed by atoms with Gasteiger partial charge in [-0.05, 0) is 0 Å². The molecule has 0 bridgehead atoms. The molecule has 1 unspecified atom stereocenters. The van der Waals surface area contributed by atoms with Crippen molar-refractivity contribution < 1.29 is 14.8 Å². The van der Waals surface area contributed by atoms with Gasteiger partial charge in [-0.2, -0.15) is 0 Å². The first-order chi connectivity index (χ1) is 6.41. The van der Waals surface area contributed by atoms with E-state index in [1.807, 2.05) is 0 Å². The van der Waals surface area contributed by atoms with Gasteiger partial charge in [-0.3, -0.25) is 35.3 Å². The maximum Gasteiger partial charge on any atom is 0.520 e. The van der Waals surface area contributed by atoms with Gasteiger partial charge in [0.15, 0.2) is 0 Å². The lowest BCUT2D eigenvalue weighted by Crippen LogP contribution is -2.45. The Kier molecular flexibility index (Phi) is 4.06. The second kappa shape index (κ2) is 4.79. The van der Waals surface area contributed by atoms with Crippen LogP contribution in [0.5, 0.6) is 0 Å². The SMILES string of the molecule is CN=CC(C([N+](=O)[O-])[N+](=O)[O-])[N+](=O)[O-]. The summed E-state index contributed by atoms with van der Waals surface area (Å²) in [4.78, 5) is 30.0. The second-order valence-electron chi connectivity index (χ2n) is 2.17. The molecule has 0 aliphatic carbocycles. The number of hydrogen-bond acceptors (Lipinski definition) is 7. The average molecular weight is 206 g/mol. The van der Waals surface area contributed by atoms with Crippen molar-refractivity contribution in [1.29, 1.82) is 0 Å². The van der Waals surface area contributed by atoms with Crippen molar-refractivity contribution in [3.8, 4) is 0 Å². The highest BCUT2D eigenvalue weighted by Gasteiger charge is 2.50. The molecule has 0 radical (unpaired) electrons. The first-order valence-corrected chi connectivity index (χ1v) is 3.24. The first-order valence-electron chi connectivity index (χ1n) is 3.24. The molecule has 14 heavy (non-hydrogen) atoms. The molecule has 0 fully saturated rings. The van der Waals surface area contributed by atoms with Crippen LogP contribution in [0, 0.1) is 30.3 Å². The fourth-order valence-corrected chi connectivity index (χ4v) is 0.719. The quantitative estimate of drug-likeness (QED) is 0.249. The van der Waals surface area contributed by atoms with E-state index in [4.69, 9.17) is 0 Å². The van der Waals surface area contributed by atoms with Crippen LogP contribution in [0.25, 0.3) is 0 Å². The molecule has 0 aliphatic heterocycles. The third-order valence-corrected chi connectivity index (χ3v) is 1.28. The molecule has 0 aromatic heterocycles. The first kappa shape index (κ1) is 11.9. The van der Waals surface area contributed by atoms with Crippen molar-refractivity contribution in [3.63, 3.8) is 0 Å². The lowest BCUT2D eigenvalue weighted by atomic mass is 10.3. The smallest absolute Gasteiger partial charge is 0.293 e. The Labute approximate surface area is 76.7 Å². The molecule has 0 rings (SSSR count). The van der Waals surface area contributed by atoms with Crippen molar-refractivity contribution in [2.45, 2.75) is 12.2 Å². The predicted octanol–water partition coefficient (Wildman–Crippen LogP) is -0.788. The van der Waals surface area contributed by atoms with Crippen molar-refractivity contribution in [1.82, 2.24) is 0 Å². The third-order valence-electron chi connectivity index (χ3n) is 1.28. The average Bonchev–Trinajstić information content (AvgIpc) is 2.01. The van der Waals surface area contributed by atoms with Gasteiger partial charge in [-0.15, -0.1) is 0 Å². The van der Waals surface area contributed by atoms with Crippen molar-refractivity contribution in [3.05, 3.63) is 30.3 Å². The zero-order valence-electron chi connectivity index (χ0n) is 6.97. The summed E-state index contributed by atoms with van der Waals surface area (Å²) in [5, 5.41) is 30.6. The van der Waals surface area contributed by atoms with Crippen LogP contribution in [0.15, 0.2) is 4.99 Å². The monoisotopic (exact) mass is 206 g/mol. The number of rotatable bonds is 5. The Morgan fingerprint density at radius 2 is 1.50 bits per heavy atom. The van der Waals surface area contributed by atoms with Crippen molar-refractivity contribution in [2.24, 2.45) is 4.99 Å². The molecule has 0 saturated heterocycles. The molecule has 0 spiro atoms. The highest BCUT2D eigenvalue weighted by molar-refractivity contribution is 5.62. The van der Waals surface area contributed by atoms with Crippen LogP contribution in [-0.4, -0.2) is 40.2 Å². The van der Waals surface area contributed by atoms with Crippen LogP contribution in [-0.2, 0) is 0 Å². The summed E-state index contributed by atoms with van der Waals surface area (Å²) in [7, 11) is 1.13. The van der Waals surface area contributed by atoms with E-state index >= 15 is 0 Å². The normalized spacial score (nSPS) is 13.0. The summed E-state index contributed by atoms with van der Waals surface area (Å²) in [5.41, 5.74) is 0. The van der Waals surface area contributed by atoms with E-state index in [0.717, 1.165) is 7.05 Å². The van der Waals surface area contributed by atoms with E-state index in [9.17, 15) is 30.3 Å². The van der Waals surface area contributed by atoms with E-state index in [2.05, 4.69) is 4.99 Å². The third kappa shape index (κ3) is 2.73. The van der Waals surface area contributed by atoms with Gasteiger partial charge in [0, 0.05) is 12.0 Å². The molecule has 0 aromatic rings. The van der Waals surface area contributed by atoms with Gasteiger partial charge >= 0.3 is 12.2 Å². The Morgan fingerprint density at radius 3 is 1.71 bits per heavy atom. The molecule has 0 amide bonds. The fourth-order valence-electron chi connectivity index (χ4n) is 0.719. The minimum atomic E-state index is -2.51. The molecule has 0 heterocycles. The van der Waals surface area contributed by atoms with E-state index in [1.165, 1.54) is 0 Å². The highest BCUT2D eigenvalue weighted by atomic mass is 16.7. The van der Waals surface area contributed by atoms with Crippen LogP contribution in [0.4, 0.5) is 0 Å². The second-order valence-corrected chi connectivity index (χ2v) is 2.17. The highest BCUT2D eigenvalue weighted by Crippen LogP contribution is 2.01. The number of aliphatic imine (C=N–C) groups is 1. The maximum atomic E-state index is 10.2. The summed E-state index contributed by atoms with van der Waals surface area (Å²) in [6.45, 7) is 0. The Morgan fingerprint density at radius 1 is 1.07 bits per heavy atom. The topological polar surface area (TPSA) is 142 Å². The minimum absolute atomic E-state index is 0.566. The van der Waals surface area contributed by atoms with Gasteiger partial charge in [0.05, 0.1) is 6.21 Å². The number of nitrogens with zero attached hydrogens (tertiary/aromatic N) is 4. The summed E-state index contributed by atoms with van der Waals surface area (Å²) < 4.78 is 0. The summed E-state index contributed by atoms with van der Waals surface area (Å²) in [6.07, 6.45) is -1.94. The summed E-state index contributed by atoms with van der Waals surface area (Å²) >= 11 is 0. The summed E-state index contributed by atoms with van der Waals surface area (Å²) in [6, 6.07) is -2.05. The van der Waals surface area contributed by atoms with Gasteiger partial charge in [0.2, 0.25) is 0 Å². The summed E-state index contributed by atoms with van der Waals surface area (Å²) in [5.74, 6) is 0. The van der Waals surface area contributed by atoms with Gasteiger partial charge in [0.1, 0.15) is 9.85 Å². The van der Waals surface area contributed by atoms with E-state index in [1.54, 1.807) is 0 Å². The van der Waals surface area contributed by atoms with Crippen LogP contribution in [0.1, 0.15) is 0 Å². The molecule has 1 atom stereocenters. The lowest BCUT2D eigenvalue weighted by molar-refractivity contribution is -0.775. The van der Waals surface area contributed by atoms with Gasteiger partial charge < -0.3 is 0 Å². The molecule has 78 valence electrons. The molecular weight excluding hydrogens is 200 g/mol. The Bertz CT molecular complexity index is 274. The standard InChI is InChI=1S/C4H6N4O6/c1-5-2-3(6(9)10)4(7(11)12)8(13)14/h2-4H,1H3. The molecule has 0 aromatic carbocycles. The molecule has 0 aliphatic rings. The zero-order chi connectivity index (χ0) is 11.3. The van der Waals surface area contributed by atoms with E-state index in [-0.39, 0.29) is 0 Å². The number of nitro groups is 3. The van der Waals surface area contributed by atoms with Gasteiger partial charge in [0.25, 0.3) is 0 Å². The van der Waals surface area contributed by atoms with E-state index < -0.39 is 27.0 Å². The van der Waals surface area contributed by atoms with Crippen molar-refractivity contribution >= 4 is 6.21 Å². The Hall–Kier alpha value is -2.13. The minimum Gasteiger partial charge on any atom is -0.293 e. The van der Waals surface area contributed by atoms with Gasteiger partial charge in [-0.1, -0.05) is 0 Å². The fraction of sp³-hybridized carbons (Fsp3) is 0.750. The predicted molar refractivity (Wildman–Crippen MR) is 43.0 cm³/mol. The Balaban J connectivity index is 5.02. The van der Waals surface area contributed by atoms with Gasteiger partial charge in [-0.25, -0.2) is 0 Å². The van der Waals surface area contributed by atoms with Crippen LogP contribution >= 0.6 is 0 Å². The van der Waals surface area contributed by atoms with Crippen LogP contribution in [0.3, 0.4) is 0 Å². The molecule has 0 saturated carbocycles. The van der Waals surface area contributed by atoms with Crippen molar-refractivity contribution in [2.75, 3.05) is 7.05 Å². The number of hydrogen-bond donors (Lipinski definition) is 0.